The number of rotatable bonds is 0. The van der Waals surface area contributed by atoms with Crippen LogP contribution in [0, 0.1) is 0 Å². The van der Waals surface area contributed by atoms with E-state index in [9.17, 15) is 0 Å². The molecule has 0 atom stereocenters. The maximum atomic E-state index is 4.18. The standard InChI is InChI=1S/C9H7N.3C4H4N2/c1-2-6-9-8(4-1)5-3-7-10-9;1-2-6-4-3-5-1;1-2-5-4-6-3-1;1-2-4-6-5-3-1/h1-7H;3*1-4H. The SMILES string of the molecule is c1ccc2ncccc2c1.c1ccnnc1.c1cnccn1.c1cncnc1. The zero-order chi connectivity index (χ0) is 19.5. The number of benzene rings is 1. The minimum atomic E-state index is 1.06. The van der Waals surface area contributed by atoms with Gasteiger partial charge in [-0.25, -0.2) is 9.97 Å². The summed E-state index contributed by atoms with van der Waals surface area (Å²) in [7, 11) is 0. The van der Waals surface area contributed by atoms with Crippen molar-refractivity contribution >= 4 is 10.9 Å². The Morgan fingerprint density at radius 2 is 1.04 bits per heavy atom. The summed E-state index contributed by atoms with van der Waals surface area (Å²) >= 11 is 0. The average Bonchev–Trinajstić information content (AvgIpc) is 2.84. The Labute approximate surface area is 163 Å². The number of fused-ring (bicyclic) bond motifs is 1. The smallest absolute Gasteiger partial charge is 0.115 e. The van der Waals surface area contributed by atoms with Crippen LogP contribution in [0.2, 0.25) is 0 Å². The molecule has 0 spiro atoms. The number of hydrogen-bond acceptors (Lipinski definition) is 7. The lowest BCUT2D eigenvalue weighted by atomic mass is 10.2. The lowest BCUT2D eigenvalue weighted by molar-refractivity contribution is 1.03. The fraction of sp³-hybridized carbons (Fsp3) is 0. The van der Waals surface area contributed by atoms with Crippen LogP contribution in [0.15, 0.2) is 117 Å². The van der Waals surface area contributed by atoms with E-state index in [1.807, 2.05) is 42.6 Å². The van der Waals surface area contributed by atoms with Crippen LogP contribution in [0.25, 0.3) is 10.9 Å². The average molecular weight is 369 g/mol. The fourth-order valence-corrected chi connectivity index (χ4v) is 1.78. The third-order valence-electron chi connectivity index (χ3n) is 2.95. The zero-order valence-electron chi connectivity index (χ0n) is 15.1. The van der Waals surface area contributed by atoms with E-state index in [0.717, 1.165) is 5.52 Å². The first-order valence-corrected chi connectivity index (χ1v) is 8.38. The predicted octanol–water partition coefficient (Wildman–Crippen LogP) is 3.66. The second-order valence-electron chi connectivity index (χ2n) is 4.91. The van der Waals surface area contributed by atoms with Crippen molar-refractivity contribution in [3.63, 3.8) is 0 Å². The van der Waals surface area contributed by atoms with Crippen molar-refractivity contribution in [2.75, 3.05) is 0 Å². The molecular formula is C21H19N7. The Morgan fingerprint density at radius 1 is 0.429 bits per heavy atom. The Hall–Kier alpha value is -4.13. The Kier molecular flexibility index (Phi) is 10.2. The van der Waals surface area contributed by atoms with Gasteiger partial charge < -0.3 is 0 Å². The Morgan fingerprint density at radius 3 is 1.46 bits per heavy atom. The molecule has 0 bridgehead atoms. The molecule has 5 aromatic rings. The number of hydrogen-bond donors (Lipinski definition) is 0. The van der Waals surface area contributed by atoms with Crippen LogP contribution in [-0.4, -0.2) is 35.1 Å². The quantitative estimate of drug-likeness (QED) is 0.411. The van der Waals surface area contributed by atoms with Crippen LogP contribution in [-0.2, 0) is 0 Å². The maximum absolute atomic E-state index is 4.18. The molecule has 7 heteroatoms. The maximum Gasteiger partial charge on any atom is 0.115 e. The van der Waals surface area contributed by atoms with Crippen LogP contribution in [0.5, 0.6) is 0 Å². The van der Waals surface area contributed by atoms with Gasteiger partial charge in [-0.1, -0.05) is 24.3 Å². The molecule has 5 rings (SSSR count). The number of aromatic nitrogens is 7. The molecule has 0 N–H and O–H groups in total. The van der Waals surface area contributed by atoms with Crippen molar-refractivity contribution in [2.24, 2.45) is 0 Å². The highest BCUT2D eigenvalue weighted by atomic mass is 15.1. The summed E-state index contributed by atoms with van der Waals surface area (Å²) in [6.07, 6.45) is 16.5. The van der Waals surface area contributed by atoms with Gasteiger partial charge in [0.1, 0.15) is 6.33 Å². The van der Waals surface area contributed by atoms with Gasteiger partial charge in [0, 0.05) is 61.2 Å². The fourth-order valence-electron chi connectivity index (χ4n) is 1.78. The van der Waals surface area contributed by atoms with E-state index in [-0.39, 0.29) is 0 Å². The van der Waals surface area contributed by atoms with Gasteiger partial charge >= 0.3 is 0 Å². The third-order valence-corrected chi connectivity index (χ3v) is 2.95. The molecule has 0 fully saturated rings. The first-order chi connectivity index (χ1) is 14.0. The van der Waals surface area contributed by atoms with E-state index in [2.05, 4.69) is 47.2 Å². The Bertz CT molecular complexity index is 748. The molecule has 28 heavy (non-hydrogen) atoms. The van der Waals surface area contributed by atoms with Gasteiger partial charge in [0.15, 0.2) is 0 Å². The largest absolute Gasteiger partial charge is 0.262 e. The lowest BCUT2D eigenvalue weighted by Crippen LogP contribution is -1.73. The van der Waals surface area contributed by atoms with E-state index >= 15 is 0 Å². The summed E-state index contributed by atoms with van der Waals surface area (Å²) in [5.74, 6) is 0. The molecule has 1 aromatic carbocycles. The Balaban J connectivity index is 0.000000138. The molecule has 0 aliphatic rings. The van der Waals surface area contributed by atoms with Gasteiger partial charge in [0.25, 0.3) is 0 Å². The van der Waals surface area contributed by atoms with Crippen molar-refractivity contribution in [1.82, 2.24) is 35.1 Å². The van der Waals surface area contributed by atoms with Crippen LogP contribution in [0.3, 0.4) is 0 Å². The van der Waals surface area contributed by atoms with Gasteiger partial charge in [0.05, 0.1) is 5.52 Å². The zero-order valence-corrected chi connectivity index (χ0v) is 15.1. The minimum Gasteiger partial charge on any atom is -0.262 e. The summed E-state index contributed by atoms with van der Waals surface area (Å²) in [6.45, 7) is 0. The van der Waals surface area contributed by atoms with E-state index in [1.54, 1.807) is 55.6 Å². The molecule has 138 valence electrons. The normalized spacial score (nSPS) is 8.71. The van der Waals surface area contributed by atoms with Gasteiger partial charge in [-0.2, -0.15) is 10.2 Å². The summed E-state index contributed by atoms with van der Waals surface area (Å²) < 4.78 is 0. The first-order valence-electron chi connectivity index (χ1n) is 8.38. The lowest BCUT2D eigenvalue weighted by Gasteiger charge is -1.91. The molecule has 0 unspecified atom stereocenters. The monoisotopic (exact) mass is 369 g/mol. The number of para-hydroxylation sites is 1. The molecule has 0 amide bonds. The second kappa shape index (κ2) is 14.1. The highest BCUT2D eigenvalue weighted by Gasteiger charge is 1.86. The van der Waals surface area contributed by atoms with Crippen molar-refractivity contribution in [1.29, 1.82) is 0 Å². The molecule has 7 nitrogen and oxygen atoms in total. The summed E-state index contributed by atoms with van der Waals surface area (Å²) in [5.41, 5.74) is 1.06. The molecule has 0 saturated heterocycles. The van der Waals surface area contributed by atoms with Crippen molar-refractivity contribution in [3.8, 4) is 0 Å². The van der Waals surface area contributed by atoms with E-state index in [4.69, 9.17) is 0 Å². The van der Waals surface area contributed by atoms with Gasteiger partial charge in [-0.15, -0.1) is 0 Å². The van der Waals surface area contributed by atoms with Crippen LogP contribution in [0.4, 0.5) is 0 Å². The molecule has 0 aliphatic heterocycles. The topological polar surface area (TPSA) is 90.2 Å². The minimum absolute atomic E-state index is 1.06. The van der Waals surface area contributed by atoms with Crippen LogP contribution in [0.1, 0.15) is 0 Å². The van der Waals surface area contributed by atoms with Gasteiger partial charge in [-0.05, 0) is 30.3 Å². The second-order valence-corrected chi connectivity index (χ2v) is 4.91. The van der Waals surface area contributed by atoms with E-state index in [1.165, 1.54) is 11.7 Å². The number of nitrogens with zero attached hydrogens (tertiary/aromatic N) is 7. The molecule has 0 saturated carbocycles. The molecular weight excluding hydrogens is 350 g/mol. The van der Waals surface area contributed by atoms with Crippen LogP contribution >= 0.6 is 0 Å². The molecule has 0 aliphatic carbocycles. The van der Waals surface area contributed by atoms with Gasteiger partial charge in [0.2, 0.25) is 0 Å². The highest BCUT2D eigenvalue weighted by molar-refractivity contribution is 5.77. The molecule has 4 aromatic heterocycles. The summed E-state index contributed by atoms with van der Waals surface area (Å²) in [6, 6.07) is 17.5. The summed E-state index contributed by atoms with van der Waals surface area (Å²) in [5, 5.41) is 8.27. The van der Waals surface area contributed by atoms with Crippen LogP contribution < -0.4 is 0 Å². The predicted molar refractivity (Wildman–Crippen MR) is 108 cm³/mol. The number of pyridine rings is 1. The molecule has 4 heterocycles. The van der Waals surface area contributed by atoms with Crippen molar-refractivity contribution in [3.05, 3.63) is 117 Å². The van der Waals surface area contributed by atoms with Crippen molar-refractivity contribution < 1.29 is 0 Å². The summed E-state index contributed by atoms with van der Waals surface area (Å²) in [4.78, 5) is 19.0. The van der Waals surface area contributed by atoms with E-state index in [0.29, 0.717) is 0 Å². The van der Waals surface area contributed by atoms with Gasteiger partial charge in [-0.3, -0.25) is 15.0 Å². The molecule has 0 radical (unpaired) electrons. The van der Waals surface area contributed by atoms with E-state index < -0.39 is 0 Å². The highest BCUT2D eigenvalue weighted by Crippen LogP contribution is 2.07. The van der Waals surface area contributed by atoms with Crippen molar-refractivity contribution in [2.45, 2.75) is 0 Å². The third kappa shape index (κ3) is 9.38. The first kappa shape index (κ1) is 20.2.